The predicted octanol–water partition coefficient (Wildman–Crippen LogP) is 4.54. The molecule has 2 aromatic carbocycles. The summed E-state index contributed by atoms with van der Waals surface area (Å²) in [5, 5.41) is 15.6. The monoisotopic (exact) mass is 509 g/mol. The lowest BCUT2D eigenvalue weighted by molar-refractivity contribution is -0.144. The predicted molar refractivity (Wildman–Crippen MR) is 142 cm³/mol. The summed E-state index contributed by atoms with van der Waals surface area (Å²) in [7, 11) is 0. The number of alkyl carbamates (subject to hydrolysis) is 1. The maximum absolute atomic E-state index is 14.1. The Hall–Kier alpha value is -3.55. The van der Waals surface area contributed by atoms with Crippen molar-refractivity contribution in [3.05, 3.63) is 65.7 Å². The third-order valence-electron chi connectivity index (χ3n) is 6.33. The van der Waals surface area contributed by atoms with Crippen molar-refractivity contribution in [2.75, 3.05) is 0 Å². The van der Waals surface area contributed by atoms with Gasteiger partial charge in [-0.05, 0) is 62.3 Å². The number of amides is 3. The largest absolute Gasteiger partial charge is 0.508 e. The number of phenols is 1. The van der Waals surface area contributed by atoms with Crippen LogP contribution in [0.2, 0.25) is 0 Å². The minimum atomic E-state index is -0.937. The van der Waals surface area contributed by atoms with Crippen LogP contribution in [0.4, 0.5) is 4.79 Å². The van der Waals surface area contributed by atoms with Crippen molar-refractivity contribution >= 4 is 17.9 Å². The van der Waals surface area contributed by atoms with E-state index in [1.165, 1.54) is 12.1 Å². The van der Waals surface area contributed by atoms with Crippen LogP contribution in [-0.2, 0) is 20.9 Å². The third-order valence-corrected chi connectivity index (χ3v) is 6.33. The van der Waals surface area contributed by atoms with E-state index in [2.05, 4.69) is 10.6 Å². The molecular weight excluding hydrogens is 470 g/mol. The quantitative estimate of drug-likeness (QED) is 0.460. The van der Waals surface area contributed by atoms with Gasteiger partial charge in [0.2, 0.25) is 11.8 Å². The smallest absolute Gasteiger partial charge is 0.408 e. The van der Waals surface area contributed by atoms with Crippen molar-refractivity contribution in [3.8, 4) is 5.75 Å². The molecule has 0 heterocycles. The Balaban J connectivity index is 1.95. The topological polar surface area (TPSA) is 108 Å². The average molecular weight is 510 g/mol. The Labute approximate surface area is 219 Å². The molecule has 1 aliphatic carbocycles. The number of benzene rings is 2. The molecule has 0 saturated heterocycles. The van der Waals surface area contributed by atoms with Crippen LogP contribution in [-0.4, -0.2) is 45.6 Å². The van der Waals surface area contributed by atoms with Crippen LogP contribution in [0.5, 0.6) is 5.75 Å². The molecule has 1 saturated carbocycles. The number of hydrogen-bond donors (Lipinski definition) is 3. The summed E-state index contributed by atoms with van der Waals surface area (Å²) in [6, 6.07) is 13.9. The summed E-state index contributed by atoms with van der Waals surface area (Å²) in [4.78, 5) is 42.0. The molecule has 4 atom stereocenters. The van der Waals surface area contributed by atoms with Gasteiger partial charge in [-0.3, -0.25) is 9.59 Å². The van der Waals surface area contributed by atoms with Gasteiger partial charge in [0.1, 0.15) is 23.4 Å². The summed E-state index contributed by atoms with van der Waals surface area (Å²) in [5.41, 5.74) is 0.797. The molecule has 0 bridgehead atoms. The van der Waals surface area contributed by atoms with E-state index in [0.29, 0.717) is 12.1 Å². The lowest BCUT2D eigenvalue weighted by Crippen LogP contribution is -2.55. The van der Waals surface area contributed by atoms with E-state index < -0.39 is 23.8 Å². The lowest BCUT2D eigenvalue weighted by atomic mass is 9.98. The van der Waals surface area contributed by atoms with Crippen molar-refractivity contribution in [1.82, 2.24) is 15.5 Å². The number of nitrogens with one attached hydrogen (secondary N) is 2. The van der Waals surface area contributed by atoms with Crippen molar-refractivity contribution in [2.24, 2.45) is 11.8 Å². The Bertz CT molecular complexity index is 1080. The van der Waals surface area contributed by atoms with Crippen molar-refractivity contribution < 1.29 is 24.2 Å². The maximum Gasteiger partial charge on any atom is 0.408 e. The highest BCUT2D eigenvalue weighted by Gasteiger charge is 2.48. The molecule has 1 aliphatic rings. The summed E-state index contributed by atoms with van der Waals surface area (Å²) in [5.74, 6) is -0.648. The molecule has 8 heteroatoms. The lowest BCUT2D eigenvalue weighted by Gasteiger charge is -2.36. The van der Waals surface area contributed by atoms with Crippen LogP contribution < -0.4 is 10.6 Å². The fourth-order valence-corrected chi connectivity index (χ4v) is 4.26. The van der Waals surface area contributed by atoms with Crippen LogP contribution in [0.25, 0.3) is 0 Å². The molecule has 37 heavy (non-hydrogen) atoms. The Kier molecular flexibility index (Phi) is 8.84. The summed E-state index contributed by atoms with van der Waals surface area (Å²) in [6.45, 7) is 11.3. The fraction of sp³-hybridized carbons (Fsp3) is 0.483. The van der Waals surface area contributed by atoms with Gasteiger partial charge >= 0.3 is 6.09 Å². The second-order valence-electron chi connectivity index (χ2n) is 11.1. The zero-order chi connectivity index (χ0) is 27.3. The summed E-state index contributed by atoms with van der Waals surface area (Å²) >= 11 is 0. The van der Waals surface area contributed by atoms with Gasteiger partial charge in [-0.25, -0.2) is 4.79 Å². The van der Waals surface area contributed by atoms with Crippen LogP contribution >= 0.6 is 0 Å². The van der Waals surface area contributed by atoms with Gasteiger partial charge in [0.05, 0.1) is 0 Å². The first kappa shape index (κ1) is 28.0. The van der Waals surface area contributed by atoms with Crippen LogP contribution in [0, 0.1) is 11.8 Å². The van der Waals surface area contributed by atoms with Gasteiger partial charge < -0.3 is 25.4 Å². The highest BCUT2D eigenvalue weighted by Crippen LogP contribution is 2.41. The highest BCUT2D eigenvalue weighted by atomic mass is 16.6. The first-order chi connectivity index (χ1) is 17.4. The Morgan fingerprint density at radius 1 is 1.05 bits per heavy atom. The molecule has 0 radical (unpaired) electrons. The van der Waals surface area contributed by atoms with E-state index in [1.807, 2.05) is 51.1 Å². The second kappa shape index (κ2) is 11.7. The molecule has 3 amide bonds. The molecule has 200 valence electrons. The maximum atomic E-state index is 14.1. The molecular formula is C29H39N3O5. The average Bonchev–Trinajstić information content (AvgIpc) is 3.54. The van der Waals surface area contributed by atoms with Crippen LogP contribution in [0.15, 0.2) is 54.6 Å². The Morgan fingerprint density at radius 3 is 2.16 bits per heavy atom. The number of phenolic OH excluding ortho intramolecular Hbond substituents is 1. The first-order valence-corrected chi connectivity index (χ1v) is 12.8. The third kappa shape index (κ3) is 7.71. The minimum Gasteiger partial charge on any atom is -0.508 e. The number of hydrogen-bond acceptors (Lipinski definition) is 5. The molecule has 0 aliphatic heterocycles. The molecule has 3 rings (SSSR count). The van der Waals surface area contributed by atoms with E-state index in [-0.39, 0.29) is 35.4 Å². The summed E-state index contributed by atoms with van der Waals surface area (Å²) < 4.78 is 5.41. The standard InChI is InChI=1S/C29H39N3O5/c1-18(2)24(31-28(36)37-29(4,5)6)27(35)32(23-16-19(23)3)25(21-12-14-22(33)15-13-21)26(34)30-17-20-10-8-7-9-11-20/h7-15,18-19,23-25,33H,16-17H2,1-6H3,(H,30,34)(H,31,36). The number of carbonyl (C=O) groups is 3. The van der Waals surface area contributed by atoms with Crippen LogP contribution in [0.1, 0.15) is 65.1 Å². The van der Waals surface area contributed by atoms with Gasteiger partial charge in [0, 0.05) is 12.6 Å². The van der Waals surface area contributed by atoms with Gasteiger partial charge in [-0.15, -0.1) is 0 Å². The van der Waals surface area contributed by atoms with Crippen molar-refractivity contribution in [3.63, 3.8) is 0 Å². The molecule has 4 unspecified atom stereocenters. The van der Waals surface area contributed by atoms with E-state index in [4.69, 9.17) is 4.74 Å². The van der Waals surface area contributed by atoms with Crippen LogP contribution in [0.3, 0.4) is 0 Å². The normalized spacial score (nSPS) is 18.5. The Morgan fingerprint density at radius 2 is 1.65 bits per heavy atom. The number of rotatable bonds is 9. The van der Waals surface area contributed by atoms with Crippen molar-refractivity contribution in [2.45, 2.75) is 78.2 Å². The zero-order valence-electron chi connectivity index (χ0n) is 22.5. The van der Waals surface area contributed by atoms with E-state index in [1.54, 1.807) is 37.8 Å². The highest BCUT2D eigenvalue weighted by molar-refractivity contribution is 5.92. The van der Waals surface area contributed by atoms with Crippen molar-refractivity contribution in [1.29, 1.82) is 0 Å². The molecule has 2 aromatic rings. The van der Waals surface area contributed by atoms with E-state index >= 15 is 0 Å². The number of nitrogens with zero attached hydrogens (tertiary/aromatic N) is 1. The molecule has 8 nitrogen and oxygen atoms in total. The number of aromatic hydroxyl groups is 1. The zero-order valence-corrected chi connectivity index (χ0v) is 22.5. The SMILES string of the molecule is CC(C)C(NC(=O)OC(C)(C)C)C(=O)N(C(C(=O)NCc1ccccc1)c1ccc(O)cc1)C1CC1C. The molecule has 0 spiro atoms. The van der Waals surface area contributed by atoms with E-state index in [9.17, 15) is 19.5 Å². The van der Waals surface area contributed by atoms with Gasteiger partial charge in [0.25, 0.3) is 0 Å². The van der Waals surface area contributed by atoms with E-state index in [0.717, 1.165) is 12.0 Å². The van der Waals surface area contributed by atoms with Gasteiger partial charge in [-0.1, -0.05) is 63.2 Å². The van der Waals surface area contributed by atoms with Gasteiger partial charge in [-0.2, -0.15) is 0 Å². The summed E-state index contributed by atoms with van der Waals surface area (Å²) in [6.07, 6.45) is 0.0712. The minimum absolute atomic E-state index is 0.0662. The molecule has 0 aromatic heterocycles. The second-order valence-corrected chi connectivity index (χ2v) is 11.1. The fourth-order valence-electron chi connectivity index (χ4n) is 4.26. The first-order valence-electron chi connectivity index (χ1n) is 12.8. The van der Waals surface area contributed by atoms with Gasteiger partial charge in [0.15, 0.2) is 0 Å². The number of ether oxygens (including phenoxy) is 1. The number of carbonyl (C=O) groups excluding carboxylic acids is 3. The molecule has 3 N–H and O–H groups in total. The molecule has 1 fully saturated rings.